The number of ether oxygens (including phenoxy) is 1. The summed E-state index contributed by atoms with van der Waals surface area (Å²) in [6.45, 7) is 2.07. The van der Waals surface area contributed by atoms with Crippen molar-refractivity contribution in [3.8, 4) is 0 Å². The molecule has 2 rings (SSSR count). The van der Waals surface area contributed by atoms with Gasteiger partial charge in [0.2, 0.25) is 11.8 Å². The van der Waals surface area contributed by atoms with Crippen LogP contribution in [0.5, 0.6) is 0 Å². The largest absolute Gasteiger partial charge is 0.465 e. The van der Waals surface area contributed by atoms with E-state index in [1.165, 1.54) is 7.11 Å². The maximum absolute atomic E-state index is 12.4. The third-order valence-electron chi connectivity index (χ3n) is 4.42. The van der Waals surface area contributed by atoms with E-state index in [9.17, 15) is 14.4 Å². The van der Waals surface area contributed by atoms with Crippen molar-refractivity contribution in [2.45, 2.75) is 19.5 Å². The van der Waals surface area contributed by atoms with Crippen LogP contribution < -0.4 is 10.6 Å². The zero-order chi connectivity index (χ0) is 21.4. The minimum absolute atomic E-state index is 0.0354. The molecular weight excluding hydrogens is 394 g/mol. The molecule has 2 aromatic carbocycles. The number of amides is 2. The van der Waals surface area contributed by atoms with Gasteiger partial charge in [-0.15, -0.1) is 0 Å². The van der Waals surface area contributed by atoms with Gasteiger partial charge in [-0.05, 0) is 43.8 Å². The van der Waals surface area contributed by atoms with Gasteiger partial charge in [0.25, 0.3) is 0 Å². The lowest BCUT2D eigenvalue weighted by atomic mass is 10.1. The number of anilines is 1. The Balaban J connectivity index is 1.83. The summed E-state index contributed by atoms with van der Waals surface area (Å²) in [5.41, 5.74) is 1.82. The van der Waals surface area contributed by atoms with Crippen molar-refractivity contribution in [1.29, 1.82) is 0 Å². The van der Waals surface area contributed by atoms with Gasteiger partial charge in [0, 0.05) is 6.54 Å². The van der Waals surface area contributed by atoms with Crippen LogP contribution in [0.25, 0.3) is 0 Å². The van der Waals surface area contributed by atoms with E-state index in [1.54, 1.807) is 67.4 Å². The number of likely N-dealkylation sites (N-methyl/N-ethyl adjacent to an activating group) is 1. The van der Waals surface area contributed by atoms with Crippen LogP contribution in [0, 0.1) is 0 Å². The first-order valence-corrected chi connectivity index (χ1v) is 9.39. The molecule has 0 aliphatic carbocycles. The number of rotatable bonds is 8. The zero-order valence-corrected chi connectivity index (χ0v) is 17.3. The molecule has 0 bridgehead atoms. The van der Waals surface area contributed by atoms with Crippen LogP contribution in [0.2, 0.25) is 5.02 Å². The topological polar surface area (TPSA) is 87.7 Å². The standard InChI is InChI=1S/C21H24ClN3O4/c1-14(25(2)13-19(26)24-18-7-5-4-6-17(18)22)20(27)23-12-15-8-10-16(11-9-15)21(28)29-3/h4-11,14H,12-13H2,1-3H3,(H,23,27)(H,24,26). The van der Waals surface area contributed by atoms with Crippen molar-refractivity contribution < 1.29 is 19.1 Å². The summed E-state index contributed by atoms with van der Waals surface area (Å²) >= 11 is 6.03. The number of hydrogen-bond acceptors (Lipinski definition) is 5. The summed E-state index contributed by atoms with van der Waals surface area (Å²) in [5.74, 6) is -0.889. The molecule has 0 fully saturated rings. The van der Waals surface area contributed by atoms with Gasteiger partial charge in [0.1, 0.15) is 0 Å². The first-order chi connectivity index (χ1) is 13.8. The lowest BCUT2D eigenvalue weighted by Gasteiger charge is -2.23. The second-order valence-corrected chi connectivity index (χ2v) is 6.93. The number of hydrogen-bond donors (Lipinski definition) is 2. The third-order valence-corrected chi connectivity index (χ3v) is 4.75. The maximum atomic E-state index is 12.4. The Bertz CT molecular complexity index is 870. The Kier molecular flexibility index (Phi) is 8.18. The monoisotopic (exact) mass is 417 g/mol. The van der Waals surface area contributed by atoms with E-state index in [4.69, 9.17) is 11.6 Å². The van der Waals surface area contributed by atoms with Crippen LogP contribution in [-0.2, 0) is 20.9 Å². The molecule has 0 radical (unpaired) electrons. The molecule has 0 aliphatic rings. The van der Waals surface area contributed by atoms with E-state index in [2.05, 4.69) is 15.4 Å². The molecule has 0 saturated heterocycles. The summed E-state index contributed by atoms with van der Waals surface area (Å²) in [5, 5.41) is 6.01. The first-order valence-electron chi connectivity index (χ1n) is 9.01. The minimum Gasteiger partial charge on any atom is -0.465 e. The Hall–Kier alpha value is -2.90. The highest BCUT2D eigenvalue weighted by molar-refractivity contribution is 6.33. The van der Waals surface area contributed by atoms with Gasteiger partial charge in [-0.3, -0.25) is 14.5 Å². The van der Waals surface area contributed by atoms with E-state index >= 15 is 0 Å². The van der Waals surface area contributed by atoms with Gasteiger partial charge in [-0.1, -0.05) is 35.9 Å². The maximum Gasteiger partial charge on any atom is 0.337 e. The highest BCUT2D eigenvalue weighted by Crippen LogP contribution is 2.20. The van der Waals surface area contributed by atoms with E-state index in [0.29, 0.717) is 22.8 Å². The number of benzene rings is 2. The number of carbonyl (C=O) groups excluding carboxylic acids is 3. The Morgan fingerprint density at radius 1 is 1.10 bits per heavy atom. The molecule has 8 heteroatoms. The average molecular weight is 418 g/mol. The van der Waals surface area contributed by atoms with Crippen LogP contribution in [0.3, 0.4) is 0 Å². The molecule has 154 valence electrons. The molecule has 2 amide bonds. The van der Waals surface area contributed by atoms with Gasteiger partial charge in [0.15, 0.2) is 0 Å². The van der Waals surface area contributed by atoms with Crippen molar-refractivity contribution in [2.24, 2.45) is 0 Å². The van der Waals surface area contributed by atoms with E-state index < -0.39 is 12.0 Å². The highest BCUT2D eigenvalue weighted by Gasteiger charge is 2.20. The van der Waals surface area contributed by atoms with Crippen LogP contribution in [0.15, 0.2) is 48.5 Å². The van der Waals surface area contributed by atoms with Crippen LogP contribution in [-0.4, -0.2) is 49.4 Å². The Morgan fingerprint density at radius 3 is 2.38 bits per heavy atom. The summed E-state index contributed by atoms with van der Waals surface area (Å²) in [4.78, 5) is 37.7. The van der Waals surface area contributed by atoms with E-state index in [-0.39, 0.29) is 18.4 Å². The van der Waals surface area contributed by atoms with Crippen LogP contribution in [0.4, 0.5) is 5.69 Å². The van der Waals surface area contributed by atoms with E-state index in [0.717, 1.165) is 5.56 Å². The van der Waals surface area contributed by atoms with Crippen molar-refractivity contribution in [2.75, 3.05) is 26.0 Å². The molecule has 0 spiro atoms. The second kappa shape index (κ2) is 10.6. The predicted molar refractivity (Wildman–Crippen MR) is 112 cm³/mol. The normalized spacial score (nSPS) is 11.6. The molecule has 0 saturated carbocycles. The van der Waals surface area contributed by atoms with Crippen molar-refractivity contribution >= 4 is 35.1 Å². The summed E-state index contributed by atoms with van der Waals surface area (Å²) in [6, 6.07) is 13.2. The smallest absolute Gasteiger partial charge is 0.337 e. The summed E-state index contributed by atoms with van der Waals surface area (Å²) in [7, 11) is 3.02. The van der Waals surface area contributed by atoms with Gasteiger partial charge < -0.3 is 15.4 Å². The highest BCUT2D eigenvalue weighted by atomic mass is 35.5. The molecule has 29 heavy (non-hydrogen) atoms. The second-order valence-electron chi connectivity index (χ2n) is 6.53. The molecule has 2 N–H and O–H groups in total. The molecule has 7 nitrogen and oxygen atoms in total. The summed E-state index contributed by atoms with van der Waals surface area (Å²) < 4.78 is 4.65. The quantitative estimate of drug-likeness (QED) is 0.645. The molecule has 0 aromatic heterocycles. The van der Waals surface area contributed by atoms with Gasteiger partial charge in [-0.2, -0.15) is 0 Å². The SMILES string of the molecule is COC(=O)c1ccc(CNC(=O)C(C)N(C)CC(=O)Nc2ccccc2Cl)cc1. The zero-order valence-electron chi connectivity index (χ0n) is 16.6. The van der Waals surface area contributed by atoms with E-state index in [1.807, 2.05) is 0 Å². The number of para-hydroxylation sites is 1. The van der Waals surface area contributed by atoms with Crippen molar-refractivity contribution in [1.82, 2.24) is 10.2 Å². The van der Waals surface area contributed by atoms with Crippen LogP contribution in [0.1, 0.15) is 22.8 Å². The number of nitrogens with one attached hydrogen (secondary N) is 2. The fraction of sp³-hybridized carbons (Fsp3) is 0.286. The first kappa shape index (κ1) is 22.4. The predicted octanol–water partition coefficient (Wildman–Crippen LogP) is 2.70. The number of esters is 1. The minimum atomic E-state index is -0.513. The lowest BCUT2D eigenvalue weighted by molar-refractivity contribution is -0.126. The molecule has 0 aliphatic heterocycles. The van der Waals surface area contributed by atoms with Gasteiger partial charge >= 0.3 is 5.97 Å². The average Bonchev–Trinajstić information content (AvgIpc) is 2.72. The summed E-state index contributed by atoms with van der Waals surface area (Å²) in [6.07, 6.45) is 0. The Labute approximate surface area is 175 Å². The molecule has 1 unspecified atom stereocenters. The number of carbonyl (C=O) groups is 3. The molecule has 0 heterocycles. The molecule has 1 atom stereocenters. The number of nitrogens with zero attached hydrogens (tertiary/aromatic N) is 1. The van der Waals surface area contributed by atoms with Gasteiger partial charge in [-0.25, -0.2) is 4.79 Å². The third kappa shape index (κ3) is 6.58. The lowest BCUT2D eigenvalue weighted by Crippen LogP contribution is -2.45. The van der Waals surface area contributed by atoms with Crippen molar-refractivity contribution in [3.05, 3.63) is 64.7 Å². The van der Waals surface area contributed by atoms with Crippen LogP contribution >= 0.6 is 11.6 Å². The van der Waals surface area contributed by atoms with Gasteiger partial charge in [0.05, 0.1) is 36.0 Å². The Morgan fingerprint density at radius 2 is 1.76 bits per heavy atom. The number of halogens is 1. The molecular formula is C21H24ClN3O4. The van der Waals surface area contributed by atoms with Crippen molar-refractivity contribution in [3.63, 3.8) is 0 Å². The molecule has 2 aromatic rings. The fourth-order valence-electron chi connectivity index (χ4n) is 2.53. The number of methoxy groups -OCH3 is 1. The fourth-order valence-corrected chi connectivity index (χ4v) is 2.71.